The summed E-state index contributed by atoms with van der Waals surface area (Å²) in [6.45, 7) is 4.52. The summed E-state index contributed by atoms with van der Waals surface area (Å²) in [4.78, 5) is 23.3. The van der Waals surface area contributed by atoms with Crippen molar-refractivity contribution in [2.24, 2.45) is 11.7 Å². The van der Waals surface area contributed by atoms with Crippen LogP contribution in [0.15, 0.2) is 66.9 Å². The standard InChI is InChI=1S/C29H30FN5O/c1-18(19-10-12-35(2)13-11-19)25-8-7-23-17-32-28(16-27(23)33-25)34-26-9-6-21(15-24(26)30)20-4-3-5-22(14-20)29(31)36/h3-9,14-19H,10-13H2,1-2H3,(H2,31,36)(H,32,34). The molecule has 4 aromatic rings. The molecule has 3 N–H and O–H groups in total. The Bertz CT molecular complexity index is 1410. The number of halogens is 1. The first-order chi connectivity index (χ1) is 17.4. The van der Waals surface area contributed by atoms with Gasteiger partial charge in [0.2, 0.25) is 5.91 Å². The molecule has 0 spiro atoms. The van der Waals surface area contributed by atoms with Crippen LogP contribution in [0.3, 0.4) is 0 Å². The van der Waals surface area contributed by atoms with E-state index in [0.29, 0.717) is 34.5 Å². The molecule has 2 aromatic heterocycles. The molecule has 0 bridgehead atoms. The zero-order valence-corrected chi connectivity index (χ0v) is 20.5. The summed E-state index contributed by atoms with van der Waals surface area (Å²) in [5.41, 5.74) is 9.36. The van der Waals surface area contributed by atoms with Crippen LogP contribution in [-0.4, -0.2) is 40.9 Å². The van der Waals surface area contributed by atoms with E-state index in [9.17, 15) is 9.18 Å². The second-order valence-corrected chi connectivity index (χ2v) is 9.69. The number of benzene rings is 2. The van der Waals surface area contributed by atoms with Gasteiger partial charge in [-0.3, -0.25) is 9.78 Å². The molecular formula is C29H30FN5O. The van der Waals surface area contributed by atoms with Crippen molar-refractivity contribution in [3.05, 3.63) is 83.9 Å². The number of fused-ring (bicyclic) bond motifs is 1. The van der Waals surface area contributed by atoms with Crippen LogP contribution < -0.4 is 11.1 Å². The number of rotatable bonds is 6. The lowest BCUT2D eigenvalue weighted by Crippen LogP contribution is -2.32. The highest BCUT2D eigenvalue weighted by Gasteiger charge is 2.24. The van der Waals surface area contributed by atoms with E-state index in [1.807, 2.05) is 12.1 Å². The average molecular weight is 484 g/mol. The molecule has 3 heterocycles. The fraction of sp³-hybridized carbons (Fsp3) is 0.276. The van der Waals surface area contributed by atoms with Crippen molar-refractivity contribution in [3.63, 3.8) is 0 Å². The molecule has 6 nitrogen and oxygen atoms in total. The lowest BCUT2D eigenvalue weighted by molar-refractivity contribution is 0.100. The predicted molar refractivity (Wildman–Crippen MR) is 142 cm³/mol. The summed E-state index contributed by atoms with van der Waals surface area (Å²) >= 11 is 0. The Morgan fingerprint density at radius 1 is 1.08 bits per heavy atom. The number of nitrogens with zero attached hydrogens (tertiary/aromatic N) is 3. The van der Waals surface area contributed by atoms with E-state index >= 15 is 0 Å². The van der Waals surface area contributed by atoms with Gasteiger partial charge in [0.05, 0.1) is 11.2 Å². The molecule has 36 heavy (non-hydrogen) atoms. The van der Waals surface area contributed by atoms with Gasteiger partial charge in [-0.1, -0.05) is 25.1 Å². The summed E-state index contributed by atoms with van der Waals surface area (Å²) in [6.07, 6.45) is 4.13. The van der Waals surface area contributed by atoms with Gasteiger partial charge in [-0.25, -0.2) is 9.37 Å². The number of hydrogen-bond donors (Lipinski definition) is 2. The zero-order valence-electron chi connectivity index (χ0n) is 20.5. The minimum atomic E-state index is -0.518. The van der Waals surface area contributed by atoms with Gasteiger partial charge < -0.3 is 16.0 Å². The summed E-state index contributed by atoms with van der Waals surface area (Å²) in [7, 11) is 2.18. The first-order valence-corrected chi connectivity index (χ1v) is 12.3. The molecule has 1 atom stereocenters. The molecule has 1 saturated heterocycles. The average Bonchev–Trinajstić information content (AvgIpc) is 2.89. The minimum Gasteiger partial charge on any atom is -0.366 e. The Hall–Kier alpha value is -3.84. The number of nitrogens with one attached hydrogen (secondary N) is 1. The van der Waals surface area contributed by atoms with E-state index in [0.717, 1.165) is 35.2 Å². The molecule has 0 saturated carbocycles. The molecule has 2 aromatic carbocycles. The van der Waals surface area contributed by atoms with Gasteiger partial charge >= 0.3 is 0 Å². The lowest BCUT2D eigenvalue weighted by atomic mass is 9.83. The van der Waals surface area contributed by atoms with Gasteiger partial charge in [0, 0.05) is 34.8 Å². The number of nitrogens with two attached hydrogens (primary N) is 1. The highest BCUT2D eigenvalue weighted by Crippen LogP contribution is 2.32. The van der Waals surface area contributed by atoms with Gasteiger partial charge in [-0.05, 0) is 86.4 Å². The van der Waals surface area contributed by atoms with E-state index < -0.39 is 11.7 Å². The fourth-order valence-electron chi connectivity index (χ4n) is 4.91. The summed E-state index contributed by atoms with van der Waals surface area (Å²) < 4.78 is 15.0. The molecule has 0 aliphatic carbocycles. The Balaban J connectivity index is 1.36. The van der Waals surface area contributed by atoms with Crippen molar-refractivity contribution in [2.75, 3.05) is 25.5 Å². The number of likely N-dealkylation sites (tertiary alicyclic amines) is 1. The Labute approximate surface area is 210 Å². The van der Waals surface area contributed by atoms with Crippen LogP contribution in [-0.2, 0) is 0 Å². The molecule has 0 radical (unpaired) electrons. The van der Waals surface area contributed by atoms with Gasteiger partial charge in [0.15, 0.2) is 0 Å². The maximum absolute atomic E-state index is 15.0. The smallest absolute Gasteiger partial charge is 0.248 e. The quantitative estimate of drug-likeness (QED) is 0.366. The third-order valence-electron chi connectivity index (χ3n) is 7.24. The topological polar surface area (TPSA) is 84.1 Å². The minimum absolute atomic E-state index is 0.313. The zero-order chi connectivity index (χ0) is 25.2. The van der Waals surface area contributed by atoms with Crippen LogP contribution >= 0.6 is 0 Å². The number of hydrogen-bond acceptors (Lipinski definition) is 5. The number of carbonyl (C=O) groups is 1. The molecule has 1 aliphatic heterocycles. The van der Waals surface area contributed by atoms with Gasteiger partial charge in [-0.15, -0.1) is 0 Å². The van der Waals surface area contributed by atoms with E-state index in [-0.39, 0.29) is 0 Å². The van der Waals surface area contributed by atoms with E-state index in [1.54, 1.807) is 36.5 Å². The van der Waals surface area contributed by atoms with Gasteiger partial charge in [0.25, 0.3) is 0 Å². The molecule has 7 heteroatoms. The third kappa shape index (κ3) is 5.06. The largest absolute Gasteiger partial charge is 0.366 e. The highest BCUT2D eigenvalue weighted by molar-refractivity contribution is 5.94. The Kier molecular flexibility index (Phi) is 6.65. The van der Waals surface area contributed by atoms with Gasteiger partial charge in [0.1, 0.15) is 11.6 Å². The van der Waals surface area contributed by atoms with Crippen LogP contribution in [0.1, 0.15) is 41.7 Å². The first kappa shape index (κ1) is 23.9. The number of primary amides is 1. The van der Waals surface area contributed by atoms with Crippen LogP contribution in [0, 0.1) is 11.7 Å². The highest BCUT2D eigenvalue weighted by atomic mass is 19.1. The second kappa shape index (κ2) is 10.0. The number of aromatic nitrogens is 2. The Morgan fingerprint density at radius 3 is 2.61 bits per heavy atom. The molecule has 5 rings (SSSR count). The SMILES string of the molecule is CC(c1ccc2cnc(Nc3ccc(-c4cccc(C(N)=O)c4)cc3F)cc2n1)C1CCN(C)CC1. The van der Waals surface area contributed by atoms with Crippen molar-refractivity contribution < 1.29 is 9.18 Å². The Morgan fingerprint density at radius 2 is 1.86 bits per heavy atom. The summed E-state index contributed by atoms with van der Waals surface area (Å²) in [5.74, 6) is 0.598. The van der Waals surface area contributed by atoms with Crippen LogP contribution in [0.4, 0.5) is 15.9 Å². The molecule has 184 valence electrons. The molecule has 1 aliphatic rings. The molecule has 1 unspecified atom stereocenters. The number of pyridine rings is 2. The van der Waals surface area contributed by atoms with Crippen molar-refractivity contribution >= 4 is 28.3 Å². The second-order valence-electron chi connectivity index (χ2n) is 9.69. The van der Waals surface area contributed by atoms with E-state index in [4.69, 9.17) is 10.7 Å². The van der Waals surface area contributed by atoms with Crippen LogP contribution in [0.5, 0.6) is 0 Å². The van der Waals surface area contributed by atoms with Crippen molar-refractivity contribution in [2.45, 2.75) is 25.7 Å². The van der Waals surface area contributed by atoms with E-state index in [1.165, 1.54) is 18.9 Å². The number of piperidine rings is 1. The van der Waals surface area contributed by atoms with Crippen molar-refractivity contribution in [1.29, 1.82) is 0 Å². The first-order valence-electron chi connectivity index (χ1n) is 12.3. The molecule has 1 fully saturated rings. The number of carbonyl (C=O) groups excluding carboxylic acids is 1. The predicted octanol–water partition coefficient (Wildman–Crippen LogP) is 5.72. The summed E-state index contributed by atoms with van der Waals surface area (Å²) in [6, 6.07) is 17.8. The third-order valence-corrected chi connectivity index (χ3v) is 7.24. The van der Waals surface area contributed by atoms with Crippen LogP contribution in [0.25, 0.3) is 22.0 Å². The fourth-order valence-corrected chi connectivity index (χ4v) is 4.91. The van der Waals surface area contributed by atoms with Crippen LogP contribution in [0.2, 0.25) is 0 Å². The molecule has 1 amide bonds. The maximum atomic E-state index is 15.0. The van der Waals surface area contributed by atoms with E-state index in [2.05, 4.69) is 41.3 Å². The van der Waals surface area contributed by atoms with Gasteiger partial charge in [-0.2, -0.15) is 0 Å². The maximum Gasteiger partial charge on any atom is 0.248 e. The lowest BCUT2D eigenvalue weighted by Gasteiger charge is -2.32. The van der Waals surface area contributed by atoms with Crippen molar-refractivity contribution in [3.8, 4) is 11.1 Å². The monoisotopic (exact) mass is 483 g/mol. The number of amides is 1. The van der Waals surface area contributed by atoms with Crippen molar-refractivity contribution in [1.82, 2.24) is 14.9 Å². The normalized spacial score (nSPS) is 15.6. The summed E-state index contributed by atoms with van der Waals surface area (Å²) in [5, 5.41) is 4.03. The molecular weight excluding hydrogens is 453 g/mol. The number of anilines is 2.